The van der Waals surface area contributed by atoms with Crippen molar-refractivity contribution in [1.82, 2.24) is 9.55 Å². The van der Waals surface area contributed by atoms with Gasteiger partial charge in [0.1, 0.15) is 0 Å². The maximum Gasteiger partial charge on any atom is 0.270 e. The highest BCUT2D eigenvalue weighted by atomic mass is 79.9. The zero-order valence-corrected chi connectivity index (χ0v) is 20.8. The Balaban J connectivity index is 1.65. The number of hydrogen-bond donors (Lipinski definition) is 1. The van der Waals surface area contributed by atoms with E-state index in [4.69, 9.17) is 11.6 Å². The van der Waals surface area contributed by atoms with Crippen LogP contribution >= 0.6 is 39.3 Å². The van der Waals surface area contributed by atoms with Crippen molar-refractivity contribution in [2.75, 3.05) is 11.1 Å². The number of nitrogens with one attached hydrogen (secondary N) is 1. The normalized spacial score (nSPS) is 10.9. The van der Waals surface area contributed by atoms with Gasteiger partial charge in [-0.1, -0.05) is 41.6 Å². The molecule has 0 saturated carbocycles. The van der Waals surface area contributed by atoms with E-state index in [9.17, 15) is 19.7 Å². The number of halogens is 2. The molecule has 0 aliphatic heterocycles. The number of aryl methyl sites for hydroxylation is 1. The molecular formula is C23H16BrClN4O4S. The smallest absolute Gasteiger partial charge is 0.270 e. The maximum atomic E-state index is 13.3. The van der Waals surface area contributed by atoms with E-state index in [1.54, 1.807) is 36.4 Å². The number of nitro benzene ring substituents is 1. The number of fused-ring (bicyclic) bond motifs is 1. The first-order valence-corrected chi connectivity index (χ1v) is 12.0. The number of non-ortho nitro benzene ring substituents is 1. The third-order valence-electron chi connectivity index (χ3n) is 4.93. The molecule has 34 heavy (non-hydrogen) atoms. The molecular weight excluding hydrogens is 544 g/mol. The minimum absolute atomic E-state index is 0.0478. The number of carbonyl (C=O) groups is 1. The van der Waals surface area contributed by atoms with Crippen LogP contribution in [0.5, 0.6) is 0 Å². The number of aromatic nitrogens is 2. The van der Waals surface area contributed by atoms with Gasteiger partial charge in [-0.3, -0.25) is 24.3 Å². The Hall–Kier alpha value is -3.21. The number of carbonyl (C=O) groups excluding carboxylic acids is 1. The number of para-hydroxylation sites is 1. The predicted octanol–water partition coefficient (Wildman–Crippen LogP) is 5.75. The summed E-state index contributed by atoms with van der Waals surface area (Å²) < 4.78 is 1.82. The van der Waals surface area contributed by atoms with Crippen molar-refractivity contribution in [3.8, 4) is 5.69 Å². The standard InChI is InChI=1S/C23H16BrClN4O4S/c1-13-6-7-14(11-18(13)25)28-22(31)16-4-2-3-5-19(16)27-23(28)34-12-21(30)26-20-9-8-15(29(32)33)10-17(20)24/h2-11H,12H2,1H3,(H,26,30). The quantitative estimate of drug-likeness (QED) is 0.140. The fourth-order valence-corrected chi connectivity index (χ4v) is 4.65. The van der Waals surface area contributed by atoms with Gasteiger partial charge in [-0.2, -0.15) is 0 Å². The van der Waals surface area contributed by atoms with Crippen molar-refractivity contribution in [3.05, 3.63) is 96.2 Å². The van der Waals surface area contributed by atoms with E-state index in [0.717, 1.165) is 17.3 Å². The molecule has 11 heteroatoms. The van der Waals surface area contributed by atoms with Gasteiger partial charge in [0, 0.05) is 21.6 Å². The summed E-state index contributed by atoms with van der Waals surface area (Å²) >= 11 is 10.6. The average Bonchev–Trinajstić information content (AvgIpc) is 2.81. The van der Waals surface area contributed by atoms with Crippen LogP contribution in [0.1, 0.15) is 5.56 Å². The molecule has 0 spiro atoms. The number of nitrogens with zero attached hydrogens (tertiary/aromatic N) is 3. The molecule has 1 heterocycles. The minimum Gasteiger partial charge on any atom is -0.324 e. The predicted molar refractivity (Wildman–Crippen MR) is 137 cm³/mol. The average molecular weight is 560 g/mol. The molecule has 1 amide bonds. The van der Waals surface area contributed by atoms with Gasteiger partial charge in [0.2, 0.25) is 5.91 Å². The van der Waals surface area contributed by atoms with Crippen LogP contribution in [-0.2, 0) is 4.79 Å². The number of rotatable bonds is 6. The summed E-state index contributed by atoms with van der Waals surface area (Å²) in [5.41, 5.74) is 1.95. The van der Waals surface area contributed by atoms with Gasteiger partial charge in [0.15, 0.2) is 5.16 Å². The third kappa shape index (κ3) is 4.98. The first-order chi connectivity index (χ1) is 16.2. The zero-order chi connectivity index (χ0) is 24.4. The minimum atomic E-state index is -0.520. The number of benzene rings is 3. The lowest BCUT2D eigenvalue weighted by molar-refractivity contribution is -0.384. The Kier molecular flexibility index (Phi) is 7.01. The number of anilines is 1. The van der Waals surface area contributed by atoms with Crippen molar-refractivity contribution in [3.63, 3.8) is 0 Å². The van der Waals surface area contributed by atoms with Crippen LogP contribution in [0.3, 0.4) is 0 Å². The van der Waals surface area contributed by atoms with Crippen LogP contribution in [0, 0.1) is 17.0 Å². The lowest BCUT2D eigenvalue weighted by atomic mass is 10.2. The van der Waals surface area contributed by atoms with E-state index in [-0.39, 0.29) is 22.9 Å². The molecule has 3 aromatic carbocycles. The van der Waals surface area contributed by atoms with Crippen LogP contribution in [-0.4, -0.2) is 26.1 Å². The van der Waals surface area contributed by atoms with Crippen LogP contribution in [0.15, 0.2) is 75.1 Å². The highest BCUT2D eigenvalue weighted by Crippen LogP contribution is 2.28. The Morgan fingerprint density at radius 1 is 1.21 bits per heavy atom. The maximum absolute atomic E-state index is 13.3. The molecule has 4 aromatic rings. The van der Waals surface area contributed by atoms with Gasteiger partial charge in [-0.05, 0) is 58.7 Å². The lowest BCUT2D eigenvalue weighted by Crippen LogP contribution is -2.23. The summed E-state index contributed by atoms with van der Waals surface area (Å²) in [5, 5.41) is 14.9. The molecule has 0 saturated heterocycles. The Bertz CT molecular complexity index is 1510. The molecule has 0 fully saturated rings. The molecule has 0 bridgehead atoms. The largest absolute Gasteiger partial charge is 0.324 e. The second-order valence-electron chi connectivity index (χ2n) is 7.24. The Labute approximate surface area is 211 Å². The molecule has 0 aliphatic carbocycles. The van der Waals surface area contributed by atoms with Gasteiger partial charge >= 0.3 is 0 Å². The van der Waals surface area contributed by atoms with Crippen molar-refractivity contribution < 1.29 is 9.72 Å². The Morgan fingerprint density at radius 3 is 2.68 bits per heavy atom. The molecule has 172 valence electrons. The molecule has 1 aromatic heterocycles. The first-order valence-electron chi connectivity index (χ1n) is 9.89. The molecule has 1 N–H and O–H groups in total. The first kappa shape index (κ1) is 23.9. The summed E-state index contributed by atoms with van der Waals surface area (Å²) in [6, 6.07) is 16.3. The number of nitro groups is 1. The molecule has 8 nitrogen and oxygen atoms in total. The molecule has 4 rings (SSSR count). The van der Waals surface area contributed by atoms with Crippen LogP contribution in [0.4, 0.5) is 11.4 Å². The van der Waals surface area contributed by atoms with Crippen molar-refractivity contribution >= 4 is 67.5 Å². The molecule has 0 aliphatic rings. The van der Waals surface area contributed by atoms with Gasteiger partial charge < -0.3 is 5.32 Å². The van der Waals surface area contributed by atoms with Gasteiger partial charge in [0.05, 0.1) is 33.0 Å². The van der Waals surface area contributed by atoms with Gasteiger partial charge in [-0.15, -0.1) is 0 Å². The monoisotopic (exact) mass is 558 g/mol. The van der Waals surface area contributed by atoms with E-state index in [0.29, 0.717) is 36.9 Å². The second kappa shape index (κ2) is 9.96. The van der Waals surface area contributed by atoms with Crippen molar-refractivity contribution in [2.24, 2.45) is 0 Å². The van der Waals surface area contributed by atoms with Crippen LogP contribution < -0.4 is 10.9 Å². The molecule has 0 radical (unpaired) electrons. The van der Waals surface area contributed by atoms with Crippen LogP contribution in [0.2, 0.25) is 5.02 Å². The lowest BCUT2D eigenvalue weighted by Gasteiger charge is -2.14. The SMILES string of the molecule is Cc1ccc(-n2c(SCC(=O)Nc3ccc([N+](=O)[O-])cc3Br)nc3ccccc3c2=O)cc1Cl. The van der Waals surface area contributed by atoms with Crippen LogP contribution in [0.25, 0.3) is 16.6 Å². The van der Waals surface area contributed by atoms with Gasteiger partial charge in [-0.25, -0.2) is 4.98 Å². The van der Waals surface area contributed by atoms with E-state index in [1.807, 2.05) is 13.0 Å². The highest BCUT2D eigenvalue weighted by Gasteiger charge is 2.17. The summed E-state index contributed by atoms with van der Waals surface area (Å²) in [7, 11) is 0. The number of thioether (sulfide) groups is 1. The third-order valence-corrected chi connectivity index (χ3v) is 6.93. The Morgan fingerprint density at radius 2 is 1.97 bits per heavy atom. The molecule has 0 atom stereocenters. The summed E-state index contributed by atoms with van der Waals surface area (Å²) in [4.78, 5) is 40.9. The van der Waals surface area contributed by atoms with E-state index in [1.165, 1.54) is 22.8 Å². The van der Waals surface area contributed by atoms with Crippen molar-refractivity contribution in [2.45, 2.75) is 12.1 Å². The van der Waals surface area contributed by atoms with E-state index in [2.05, 4.69) is 26.2 Å². The van der Waals surface area contributed by atoms with E-state index >= 15 is 0 Å². The number of amides is 1. The molecule has 0 unspecified atom stereocenters. The second-order valence-corrected chi connectivity index (χ2v) is 9.45. The van der Waals surface area contributed by atoms with Gasteiger partial charge in [0.25, 0.3) is 11.2 Å². The number of hydrogen-bond acceptors (Lipinski definition) is 6. The summed E-state index contributed by atoms with van der Waals surface area (Å²) in [5.74, 6) is -0.413. The fourth-order valence-electron chi connectivity index (χ4n) is 3.19. The fraction of sp³-hybridized carbons (Fsp3) is 0.0870. The van der Waals surface area contributed by atoms with Crippen molar-refractivity contribution in [1.29, 1.82) is 0 Å². The summed E-state index contributed by atoms with van der Waals surface area (Å²) in [6.45, 7) is 1.86. The summed E-state index contributed by atoms with van der Waals surface area (Å²) in [6.07, 6.45) is 0. The highest BCUT2D eigenvalue weighted by molar-refractivity contribution is 9.10. The topological polar surface area (TPSA) is 107 Å². The van der Waals surface area contributed by atoms with E-state index < -0.39 is 4.92 Å². The zero-order valence-electron chi connectivity index (χ0n) is 17.6.